The Balaban J connectivity index is 1.89. The highest BCUT2D eigenvalue weighted by atomic mass is 16.5. The van der Waals surface area contributed by atoms with Crippen LogP contribution in [-0.2, 0) is 6.42 Å². The topological polar surface area (TPSA) is 79.9 Å². The number of anilines is 1. The van der Waals surface area contributed by atoms with Crippen molar-refractivity contribution >= 4 is 11.6 Å². The average Bonchev–Trinajstić information content (AvgIpc) is 2.50. The lowest BCUT2D eigenvalue weighted by molar-refractivity contribution is 0.373. The minimum absolute atomic E-state index is 0.134. The van der Waals surface area contributed by atoms with E-state index in [9.17, 15) is 5.11 Å². The van der Waals surface area contributed by atoms with Crippen molar-refractivity contribution in [1.29, 1.82) is 0 Å². The first kappa shape index (κ1) is 14.7. The summed E-state index contributed by atoms with van der Waals surface area (Å²) in [5.74, 6) is 0.980. The van der Waals surface area contributed by atoms with E-state index in [-0.39, 0.29) is 5.75 Å². The van der Waals surface area contributed by atoms with Crippen molar-refractivity contribution in [3.63, 3.8) is 0 Å². The largest absolute Gasteiger partial charge is 0.504 e. The molecule has 0 saturated carbocycles. The molecule has 0 aromatic heterocycles. The Hall–Kier alpha value is -2.69. The van der Waals surface area contributed by atoms with Crippen molar-refractivity contribution in [1.82, 2.24) is 0 Å². The van der Waals surface area contributed by atoms with Crippen LogP contribution in [0.25, 0.3) is 0 Å². The van der Waals surface area contributed by atoms with Crippen LogP contribution in [0.4, 0.5) is 5.69 Å². The number of ether oxygens (including phenoxy) is 1. The van der Waals surface area contributed by atoms with Gasteiger partial charge in [-0.15, -0.1) is 0 Å². The maximum Gasteiger partial charge on any atom is 0.193 e. The number of phenolic OH excluding ortho intramolecular Hbond substituents is 1. The van der Waals surface area contributed by atoms with Crippen LogP contribution in [0, 0.1) is 0 Å². The zero-order chi connectivity index (χ0) is 15.1. The number of guanidine groups is 1. The Kier molecular flexibility index (Phi) is 5.04. The van der Waals surface area contributed by atoms with E-state index < -0.39 is 0 Å². The van der Waals surface area contributed by atoms with Crippen LogP contribution < -0.4 is 15.8 Å². The van der Waals surface area contributed by atoms with Gasteiger partial charge < -0.3 is 20.9 Å². The first-order valence-electron chi connectivity index (χ1n) is 6.67. The predicted octanol–water partition coefficient (Wildman–Crippen LogP) is 2.37. The minimum atomic E-state index is 0.134. The molecular weight excluding hydrogens is 266 g/mol. The predicted molar refractivity (Wildman–Crippen MR) is 84.9 cm³/mol. The fourth-order valence-corrected chi connectivity index (χ4v) is 1.89. The monoisotopic (exact) mass is 285 g/mol. The van der Waals surface area contributed by atoms with Crippen molar-refractivity contribution in [3.05, 3.63) is 54.1 Å². The van der Waals surface area contributed by atoms with Crippen LogP contribution in [-0.4, -0.2) is 24.7 Å². The molecular formula is C16H19N3O2. The number of hydrogen-bond acceptors (Lipinski definition) is 3. The van der Waals surface area contributed by atoms with Crippen LogP contribution in [0.15, 0.2) is 53.5 Å². The van der Waals surface area contributed by atoms with E-state index in [0.29, 0.717) is 24.7 Å². The highest BCUT2D eigenvalue weighted by Crippen LogP contribution is 2.26. The van der Waals surface area contributed by atoms with E-state index in [1.807, 2.05) is 36.4 Å². The molecule has 0 fully saturated rings. The quantitative estimate of drug-likeness (QED) is 0.582. The molecule has 0 unspecified atom stereocenters. The maximum absolute atomic E-state index is 9.53. The third kappa shape index (κ3) is 4.42. The van der Waals surface area contributed by atoms with Gasteiger partial charge in [0.1, 0.15) is 0 Å². The Labute approximate surface area is 124 Å². The average molecular weight is 285 g/mol. The van der Waals surface area contributed by atoms with Crippen LogP contribution in [0.3, 0.4) is 0 Å². The van der Waals surface area contributed by atoms with Crippen molar-refractivity contribution < 1.29 is 9.84 Å². The normalized spacial score (nSPS) is 11.2. The molecule has 0 heterocycles. The standard InChI is InChI=1S/C16H19N3O2/c1-21-15-11-12(7-8-14(15)20)9-10-18-16(17)19-13-5-3-2-4-6-13/h2-8,11,20H,9-10H2,1H3,(H3,17,18,19). The van der Waals surface area contributed by atoms with Crippen LogP contribution in [0.1, 0.15) is 5.56 Å². The molecule has 110 valence electrons. The SMILES string of the molecule is COc1cc(CCN=C(N)Nc2ccccc2)ccc1O. The third-order valence-electron chi connectivity index (χ3n) is 2.97. The summed E-state index contributed by atoms with van der Waals surface area (Å²) >= 11 is 0. The van der Waals surface area contributed by atoms with Gasteiger partial charge in [0.05, 0.1) is 7.11 Å². The first-order valence-corrected chi connectivity index (χ1v) is 6.67. The lowest BCUT2D eigenvalue weighted by atomic mass is 10.1. The number of nitrogens with two attached hydrogens (primary N) is 1. The second-order valence-electron chi connectivity index (χ2n) is 4.51. The summed E-state index contributed by atoms with van der Waals surface area (Å²) in [6, 6.07) is 14.9. The van der Waals surface area contributed by atoms with Crippen molar-refractivity contribution in [2.75, 3.05) is 19.0 Å². The van der Waals surface area contributed by atoms with E-state index >= 15 is 0 Å². The second-order valence-corrected chi connectivity index (χ2v) is 4.51. The van der Waals surface area contributed by atoms with Crippen molar-refractivity contribution in [3.8, 4) is 11.5 Å². The number of nitrogens with zero attached hydrogens (tertiary/aromatic N) is 1. The molecule has 2 rings (SSSR count). The number of nitrogens with one attached hydrogen (secondary N) is 1. The summed E-state index contributed by atoms with van der Waals surface area (Å²) < 4.78 is 5.07. The molecule has 0 spiro atoms. The summed E-state index contributed by atoms with van der Waals surface area (Å²) in [7, 11) is 1.53. The highest BCUT2D eigenvalue weighted by Gasteiger charge is 2.02. The number of phenols is 1. The van der Waals surface area contributed by atoms with E-state index in [1.54, 1.807) is 12.1 Å². The fourth-order valence-electron chi connectivity index (χ4n) is 1.89. The number of rotatable bonds is 5. The summed E-state index contributed by atoms with van der Waals surface area (Å²) in [4.78, 5) is 4.27. The number of para-hydroxylation sites is 1. The minimum Gasteiger partial charge on any atom is -0.504 e. The molecule has 0 atom stereocenters. The summed E-state index contributed by atoms with van der Waals surface area (Å²) in [5, 5.41) is 12.6. The van der Waals surface area contributed by atoms with Crippen molar-refractivity contribution in [2.45, 2.75) is 6.42 Å². The number of benzene rings is 2. The van der Waals surface area contributed by atoms with Crippen LogP contribution in [0.2, 0.25) is 0 Å². The Morgan fingerprint density at radius 3 is 2.71 bits per heavy atom. The maximum atomic E-state index is 9.53. The third-order valence-corrected chi connectivity index (χ3v) is 2.97. The van der Waals surface area contributed by atoms with E-state index in [1.165, 1.54) is 7.11 Å². The number of hydrogen-bond donors (Lipinski definition) is 3. The zero-order valence-electron chi connectivity index (χ0n) is 11.9. The molecule has 21 heavy (non-hydrogen) atoms. The van der Waals surface area contributed by atoms with Crippen LogP contribution >= 0.6 is 0 Å². The molecule has 0 radical (unpaired) electrons. The van der Waals surface area contributed by atoms with E-state index in [0.717, 1.165) is 11.3 Å². The van der Waals surface area contributed by atoms with Gasteiger partial charge in [0.2, 0.25) is 0 Å². The lowest BCUT2D eigenvalue weighted by Crippen LogP contribution is -2.23. The van der Waals surface area contributed by atoms with Gasteiger partial charge >= 0.3 is 0 Å². The smallest absolute Gasteiger partial charge is 0.193 e. The van der Waals surface area contributed by atoms with Gasteiger partial charge in [0.25, 0.3) is 0 Å². The highest BCUT2D eigenvalue weighted by molar-refractivity contribution is 5.92. The number of aliphatic imine (C=N–C) groups is 1. The Bertz CT molecular complexity index is 612. The molecule has 0 amide bonds. The molecule has 4 N–H and O–H groups in total. The molecule has 5 nitrogen and oxygen atoms in total. The molecule has 0 aliphatic heterocycles. The molecule has 0 aliphatic rings. The zero-order valence-corrected chi connectivity index (χ0v) is 11.9. The van der Waals surface area contributed by atoms with Crippen LogP contribution in [0.5, 0.6) is 11.5 Å². The van der Waals surface area contributed by atoms with Gasteiger partial charge in [-0.25, -0.2) is 0 Å². The Morgan fingerprint density at radius 2 is 2.00 bits per heavy atom. The van der Waals surface area contributed by atoms with Gasteiger partial charge in [-0.1, -0.05) is 24.3 Å². The van der Waals surface area contributed by atoms with E-state index in [4.69, 9.17) is 10.5 Å². The summed E-state index contributed by atoms with van der Waals surface area (Å²) in [6.45, 7) is 0.555. The second kappa shape index (κ2) is 7.19. The molecule has 2 aromatic carbocycles. The number of aromatic hydroxyl groups is 1. The molecule has 2 aromatic rings. The van der Waals surface area contributed by atoms with Crippen molar-refractivity contribution in [2.24, 2.45) is 10.7 Å². The summed E-state index contributed by atoms with van der Waals surface area (Å²) in [6.07, 6.45) is 0.716. The van der Waals surface area contributed by atoms with Gasteiger partial charge in [-0.05, 0) is 36.2 Å². The van der Waals surface area contributed by atoms with Gasteiger partial charge in [0.15, 0.2) is 17.5 Å². The van der Waals surface area contributed by atoms with E-state index in [2.05, 4.69) is 10.3 Å². The molecule has 0 aliphatic carbocycles. The molecule has 0 bridgehead atoms. The van der Waals surface area contributed by atoms with Gasteiger partial charge in [-0.3, -0.25) is 4.99 Å². The summed E-state index contributed by atoms with van der Waals surface area (Å²) in [5.41, 5.74) is 7.76. The van der Waals surface area contributed by atoms with Gasteiger partial charge in [-0.2, -0.15) is 0 Å². The first-order chi connectivity index (χ1) is 10.2. The van der Waals surface area contributed by atoms with Gasteiger partial charge in [0, 0.05) is 12.2 Å². The molecule has 5 heteroatoms. The fraction of sp³-hybridized carbons (Fsp3) is 0.188. The molecule has 0 saturated heterocycles. The Morgan fingerprint density at radius 1 is 1.24 bits per heavy atom. The lowest BCUT2D eigenvalue weighted by Gasteiger charge is -2.07. The number of methoxy groups -OCH3 is 1.